The fraction of sp³-hybridized carbons (Fsp3) is 0.250. The van der Waals surface area contributed by atoms with Crippen LogP contribution in [0.25, 0.3) is 4.85 Å². The second-order valence-electron chi connectivity index (χ2n) is 2.49. The van der Waals surface area contributed by atoms with Crippen molar-refractivity contribution in [1.29, 1.82) is 0 Å². The summed E-state index contributed by atoms with van der Waals surface area (Å²) in [6, 6.07) is 1.80. The summed E-state index contributed by atoms with van der Waals surface area (Å²) in [6.45, 7) is 7.71. The van der Waals surface area contributed by atoms with Crippen LogP contribution in [0.4, 0.5) is 11.5 Å². The van der Waals surface area contributed by atoms with E-state index in [0.717, 1.165) is 18.7 Å². The number of anilines is 1. The van der Waals surface area contributed by atoms with Gasteiger partial charge >= 0.3 is 0 Å². The summed E-state index contributed by atoms with van der Waals surface area (Å²) in [5.41, 5.74) is 2.29. The van der Waals surface area contributed by atoms with Crippen molar-refractivity contribution in [3.63, 3.8) is 0 Å². The molecule has 1 aromatic rings. The molecule has 0 bridgehead atoms. The molecule has 0 atom stereocenters. The molecule has 0 fully saturated rings. The number of nitrogens with one attached hydrogen (secondary N) is 1. The van der Waals surface area contributed by atoms with E-state index in [1.165, 1.54) is 5.56 Å². The van der Waals surface area contributed by atoms with E-state index in [1.54, 1.807) is 12.3 Å². The van der Waals surface area contributed by atoms with Crippen LogP contribution >= 0.6 is 0 Å². The Bertz CT molecular complexity index is 325. The highest BCUT2D eigenvalue weighted by Gasteiger charge is 2.11. The van der Waals surface area contributed by atoms with E-state index in [0.29, 0.717) is 5.82 Å². The van der Waals surface area contributed by atoms with Crippen LogP contribution in [-0.4, -0.2) is 11.5 Å². The van der Waals surface area contributed by atoms with E-state index >= 15 is 0 Å². The van der Waals surface area contributed by atoms with Crippen molar-refractivity contribution in [2.24, 2.45) is 0 Å². The van der Waals surface area contributed by atoms with E-state index in [2.05, 4.69) is 15.1 Å². The summed E-state index contributed by atoms with van der Waals surface area (Å²) in [6.07, 6.45) is 2.81. The molecule has 2 heterocycles. The molecule has 0 aliphatic carbocycles. The molecule has 54 valence electrons. The summed E-state index contributed by atoms with van der Waals surface area (Å²) in [5, 5.41) is 3.19. The molecule has 0 amide bonds. The predicted molar refractivity (Wildman–Crippen MR) is 42.7 cm³/mol. The van der Waals surface area contributed by atoms with Crippen LogP contribution in [0, 0.1) is 6.57 Å². The third-order valence-corrected chi connectivity index (χ3v) is 1.80. The highest BCUT2D eigenvalue weighted by Crippen LogP contribution is 2.24. The number of pyridine rings is 1. The minimum absolute atomic E-state index is 0.471. The number of hydrogen-bond acceptors (Lipinski definition) is 2. The summed E-state index contributed by atoms with van der Waals surface area (Å²) in [5.74, 6) is 0.471. The van der Waals surface area contributed by atoms with Crippen LogP contribution in [0.15, 0.2) is 12.3 Å². The average molecular weight is 145 g/mol. The van der Waals surface area contributed by atoms with E-state index < -0.39 is 0 Å². The lowest BCUT2D eigenvalue weighted by molar-refractivity contribution is 1.09. The maximum atomic E-state index is 6.74. The molecular weight excluding hydrogens is 138 g/mol. The van der Waals surface area contributed by atoms with Gasteiger partial charge in [-0.2, -0.15) is 0 Å². The Kier molecular flexibility index (Phi) is 1.26. The van der Waals surface area contributed by atoms with Crippen molar-refractivity contribution in [1.82, 2.24) is 4.98 Å². The summed E-state index contributed by atoms with van der Waals surface area (Å²) >= 11 is 0. The van der Waals surface area contributed by atoms with E-state index in [4.69, 9.17) is 6.57 Å². The van der Waals surface area contributed by atoms with Crippen LogP contribution in [0.2, 0.25) is 0 Å². The minimum Gasteiger partial charge on any atom is -0.385 e. The van der Waals surface area contributed by atoms with Gasteiger partial charge in [-0.3, -0.25) is 0 Å². The first-order valence-electron chi connectivity index (χ1n) is 3.50. The molecule has 0 saturated heterocycles. The third kappa shape index (κ3) is 0.926. The van der Waals surface area contributed by atoms with Gasteiger partial charge in [0.05, 0.1) is 0 Å². The van der Waals surface area contributed by atoms with Gasteiger partial charge in [0.1, 0.15) is 6.20 Å². The van der Waals surface area contributed by atoms with Gasteiger partial charge in [-0.1, -0.05) is 6.57 Å². The SMILES string of the molecule is [C-]#[N+]c1cc2c(cn1)CCN2. The molecule has 0 radical (unpaired) electrons. The van der Waals surface area contributed by atoms with Gasteiger partial charge in [-0.25, -0.2) is 0 Å². The van der Waals surface area contributed by atoms with Crippen molar-refractivity contribution in [3.05, 3.63) is 29.2 Å². The third-order valence-electron chi connectivity index (χ3n) is 1.80. The number of rotatable bonds is 0. The van der Waals surface area contributed by atoms with Crippen molar-refractivity contribution in [2.45, 2.75) is 6.42 Å². The molecule has 3 heteroatoms. The first-order valence-corrected chi connectivity index (χ1v) is 3.50. The Balaban J connectivity index is 2.51. The molecule has 3 nitrogen and oxygen atoms in total. The average Bonchev–Trinajstić information content (AvgIpc) is 2.50. The largest absolute Gasteiger partial charge is 0.385 e. The minimum atomic E-state index is 0.471. The molecule has 1 aliphatic rings. The fourth-order valence-corrected chi connectivity index (χ4v) is 1.23. The second-order valence-corrected chi connectivity index (χ2v) is 2.49. The number of aromatic nitrogens is 1. The Morgan fingerprint density at radius 1 is 1.64 bits per heavy atom. The van der Waals surface area contributed by atoms with Gasteiger partial charge in [-0.05, 0) is 12.5 Å². The van der Waals surface area contributed by atoms with Gasteiger partial charge < -0.3 is 10.2 Å². The van der Waals surface area contributed by atoms with Crippen molar-refractivity contribution >= 4 is 11.5 Å². The topological polar surface area (TPSA) is 29.3 Å². The molecule has 11 heavy (non-hydrogen) atoms. The monoisotopic (exact) mass is 145 g/mol. The summed E-state index contributed by atoms with van der Waals surface area (Å²) in [4.78, 5) is 7.22. The number of fused-ring (bicyclic) bond motifs is 1. The highest BCUT2D eigenvalue weighted by atomic mass is 14.9. The van der Waals surface area contributed by atoms with Crippen LogP contribution in [0.3, 0.4) is 0 Å². The molecular formula is C8H7N3. The van der Waals surface area contributed by atoms with Crippen molar-refractivity contribution in [3.8, 4) is 0 Å². The van der Waals surface area contributed by atoms with Gasteiger partial charge in [-0.15, -0.1) is 4.98 Å². The van der Waals surface area contributed by atoms with Gasteiger partial charge in [0, 0.05) is 17.8 Å². The smallest absolute Gasteiger partial charge is 0.271 e. The summed E-state index contributed by atoms with van der Waals surface area (Å²) < 4.78 is 0. The Morgan fingerprint density at radius 2 is 2.55 bits per heavy atom. The maximum Gasteiger partial charge on any atom is 0.271 e. The molecule has 0 spiro atoms. The standard InChI is InChI=1S/C8H7N3/c1-9-8-4-7-6(5-11-8)2-3-10-7/h4-5,10H,2-3H2. The molecule has 1 aliphatic heterocycles. The zero-order chi connectivity index (χ0) is 7.68. The van der Waals surface area contributed by atoms with Crippen LogP contribution in [0.5, 0.6) is 0 Å². The number of nitrogens with zero attached hydrogens (tertiary/aromatic N) is 2. The Hall–Kier alpha value is -1.56. The molecule has 0 unspecified atom stereocenters. The summed E-state index contributed by atoms with van der Waals surface area (Å²) in [7, 11) is 0. The fourth-order valence-electron chi connectivity index (χ4n) is 1.23. The van der Waals surface area contributed by atoms with Gasteiger partial charge in [0.25, 0.3) is 5.82 Å². The lowest BCUT2D eigenvalue weighted by Crippen LogP contribution is -1.90. The maximum absolute atomic E-state index is 6.74. The lowest BCUT2D eigenvalue weighted by atomic mass is 10.2. The number of hydrogen-bond donors (Lipinski definition) is 1. The van der Waals surface area contributed by atoms with Crippen LogP contribution in [-0.2, 0) is 6.42 Å². The van der Waals surface area contributed by atoms with Gasteiger partial charge in [0.2, 0.25) is 0 Å². The van der Waals surface area contributed by atoms with Crippen LogP contribution in [0.1, 0.15) is 5.56 Å². The molecule has 0 saturated carbocycles. The second kappa shape index (κ2) is 2.24. The zero-order valence-electron chi connectivity index (χ0n) is 5.96. The molecule has 2 rings (SSSR count). The quantitative estimate of drug-likeness (QED) is 0.562. The van der Waals surface area contributed by atoms with E-state index in [-0.39, 0.29) is 0 Å². The normalized spacial score (nSPS) is 13.4. The van der Waals surface area contributed by atoms with Crippen molar-refractivity contribution < 1.29 is 0 Å². The molecule has 1 aromatic heterocycles. The van der Waals surface area contributed by atoms with Gasteiger partial charge in [0.15, 0.2) is 0 Å². The van der Waals surface area contributed by atoms with E-state index in [1.807, 2.05) is 0 Å². The van der Waals surface area contributed by atoms with Crippen LogP contribution < -0.4 is 5.32 Å². The molecule has 1 N–H and O–H groups in total. The Morgan fingerprint density at radius 3 is 3.36 bits per heavy atom. The highest BCUT2D eigenvalue weighted by molar-refractivity contribution is 5.60. The lowest BCUT2D eigenvalue weighted by Gasteiger charge is -1.95. The van der Waals surface area contributed by atoms with Crippen molar-refractivity contribution in [2.75, 3.05) is 11.9 Å². The predicted octanol–water partition coefficient (Wildman–Crippen LogP) is 1.60. The first kappa shape index (κ1) is 6.17. The van der Waals surface area contributed by atoms with E-state index in [9.17, 15) is 0 Å². The zero-order valence-corrected chi connectivity index (χ0v) is 5.96. The first-order chi connectivity index (χ1) is 5.40. The Labute approximate surface area is 64.9 Å². The molecule has 0 aromatic carbocycles.